The quantitative estimate of drug-likeness (QED) is 0.198. The van der Waals surface area contributed by atoms with Crippen LogP contribution in [0.2, 0.25) is 0 Å². The molecule has 8 N–H and O–H groups in total. The van der Waals surface area contributed by atoms with E-state index in [0.29, 0.717) is 6.42 Å². The number of aliphatic hydroxyl groups excluding tert-OH is 2. The fourth-order valence-corrected chi connectivity index (χ4v) is 2.13. The Morgan fingerprint density at radius 3 is 1.89 bits per heavy atom. The van der Waals surface area contributed by atoms with Crippen LogP contribution < -0.4 is 21.7 Å². The Kier molecular flexibility index (Phi) is 10.5. The molecule has 0 aromatic carbocycles. The average molecular weight is 390 g/mol. The third-order valence-electron chi connectivity index (χ3n) is 3.68. The molecule has 0 aromatic heterocycles. The summed E-state index contributed by atoms with van der Waals surface area (Å²) in [4.78, 5) is 47.1. The molecule has 5 unspecified atom stereocenters. The molecule has 0 spiro atoms. The van der Waals surface area contributed by atoms with Crippen molar-refractivity contribution >= 4 is 23.7 Å². The zero-order chi connectivity index (χ0) is 21.3. The first-order chi connectivity index (χ1) is 12.4. The van der Waals surface area contributed by atoms with Gasteiger partial charge in [-0.1, -0.05) is 13.8 Å². The second-order valence-corrected chi connectivity index (χ2v) is 6.78. The SMILES string of the molecule is CC(C)CC(N)C(=O)NC(CO)C(=O)NC(C)C(=O)NC(C(=O)O)C(C)O. The molecule has 0 rings (SSSR count). The summed E-state index contributed by atoms with van der Waals surface area (Å²) in [5, 5.41) is 34.3. The van der Waals surface area contributed by atoms with Crippen LogP contribution in [0.5, 0.6) is 0 Å². The van der Waals surface area contributed by atoms with Gasteiger partial charge in [0.1, 0.15) is 12.1 Å². The molecule has 0 heterocycles. The van der Waals surface area contributed by atoms with E-state index in [1.807, 2.05) is 13.8 Å². The highest BCUT2D eigenvalue weighted by atomic mass is 16.4. The number of amides is 3. The van der Waals surface area contributed by atoms with Crippen molar-refractivity contribution in [2.24, 2.45) is 11.7 Å². The Balaban J connectivity index is 4.79. The van der Waals surface area contributed by atoms with Gasteiger partial charge in [-0.2, -0.15) is 0 Å². The Morgan fingerprint density at radius 2 is 1.48 bits per heavy atom. The summed E-state index contributed by atoms with van der Waals surface area (Å²) >= 11 is 0. The topological polar surface area (TPSA) is 191 Å². The maximum absolute atomic E-state index is 12.2. The van der Waals surface area contributed by atoms with Gasteiger partial charge in [0, 0.05) is 0 Å². The Morgan fingerprint density at radius 1 is 0.926 bits per heavy atom. The number of aliphatic hydroxyl groups is 2. The van der Waals surface area contributed by atoms with Crippen LogP contribution in [0.25, 0.3) is 0 Å². The standard InChI is InChI=1S/C16H30N4O7/c1-7(2)5-10(17)14(24)19-11(6-21)15(25)18-8(3)13(23)20-12(9(4)22)16(26)27/h7-12,21-22H,5-6,17H2,1-4H3,(H,18,25)(H,19,24)(H,20,23)(H,26,27). The molecule has 5 atom stereocenters. The summed E-state index contributed by atoms with van der Waals surface area (Å²) in [7, 11) is 0. The molecule has 0 aliphatic carbocycles. The normalized spacial score (nSPS) is 16.6. The predicted molar refractivity (Wildman–Crippen MR) is 95.3 cm³/mol. The van der Waals surface area contributed by atoms with Crippen molar-refractivity contribution in [1.29, 1.82) is 0 Å². The Labute approximate surface area is 157 Å². The Hall–Kier alpha value is -2.24. The number of carbonyl (C=O) groups excluding carboxylic acids is 3. The molecule has 0 saturated heterocycles. The highest BCUT2D eigenvalue weighted by molar-refractivity contribution is 5.94. The van der Waals surface area contributed by atoms with Crippen LogP contribution in [0.3, 0.4) is 0 Å². The lowest BCUT2D eigenvalue weighted by Gasteiger charge is -2.23. The Bertz CT molecular complexity index is 539. The number of carboxylic acids is 1. The number of nitrogens with one attached hydrogen (secondary N) is 3. The molecular formula is C16H30N4O7. The third-order valence-corrected chi connectivity index (χ3v) is 3.68. The van der Waals surface area contributed by atoms with Crippen LogP contribution in [0, 0.1) is 5.92 Å². The lowest BCUT2D eigenvalue weighted by Crippen LogP contribution is -2.58. The smallest absolute Gasteiger partial charge is 0.328 e. The molecule has 0 aromatic rings. The second-order valence-electron chi connectivity index (χ2n) is 6.78. The molecule has 0 bridgehead atoms. The molecular weight excluding hydrogens is 360 g/mol. The first kappa shape index (κ1) is 24.8. The van der Waals surface area contributed by atoms with Crippen LogP contribution >= 0.6 is 0 Å². The average Bonchev–Trinajstić information content (AvgIpc) is 2.55. The van der Waals surface area contributed by atoms with Crippen LogP contribution in [-0.2, 0) is 19.2 Å². The van der Waals surface area contributed by atoms with E-state index in [0.717, 1.165) is 0 Å². The van der Waals surface area contributed by atoms with Crippen LogP contribution in [0.15, 0.2) is 0 Å². The fraction of sp³-hybridized carbons (Fsp3) is 0.750. The zero-order valence-electron chi connectivity index (χ0n) is 15.9. The van der Waals surface area contributed by atoms with E-state index in [1.165, 1.54) is 13.8 Å². The number of rotatable bonds is 11. The van der Waals surface area contributed by atoms with E-state index < -0.39 is 60.6 Å². The van der Waals surface area contributed by atoms with Crippen molar-refractivity contribution in [1.82, 2.24) is 16.0 Å². The minimum atomic E-state index is -1.54. The number of carboxylic acid groups (broad SMARTS) is 1. The van der Waals surface area contributed by atoms with Crippen LogP contribution in [0.4, 0.5) is 0 Å². The van der Waals surface area contributed by atoms with E-state index in [2.05, 4.69) is 16.0 Å². The van der Waals surface area contributed by atoms with E-state index >= 15 is 0 Å². The van der Waals surface area contributed by atoms with Gasteiger partial charge >= 0.3 is 5.97 Å². The van der Waals surface area contributed by atoms with Gasteiger partial charge in [-0.05, 0) is 26.2 Å². The summed E-state index contributed by atoms with van der Waals surface area (Å²) in [6.45, 7) is 5.52. The van der Waals surface area contributed by atoms with E-state index in [-0.39, 0.29) is 5.92 Å². The minimum Gasteiger partial charge on any atom is -0.480 e. The first-order valence-electron chi connectivity index (χ1n) is 8.59. The van der Waals surface area contributed by atoms with Crippen molar-refractivity contribution in [3.8, 4) is 0 Å². The van der Waals surface area contributed by atoms with Gasteiger partial charge in [0.05, 0.1) is 18.8 Å². The van der Waals surface area contributed by atoms with Crippen molar-refractivity contribution in [3.05, 3.63) is 0 Å². The second kappa shape index (κ2) is 11.5. The maximum atomic E-state index is 12.2. The monoisotopic (exact) mass is 390 g/mol. The lowest BCUT2D eigenvalue weighted by atomic mass is 10.0. The largest absolute Gasteiger partial charge is 0.480 e. The summed E-state index contributed by atoms with van der Waals surface area (Å²) in [5.74, 6) is -3.58. The number of carbonyl (C=O) groups is 4. The number of hydrogen-bond donors (Lipinski definition) is 7. The molecule has 156 valence electrons. The van der Waals surface area contributed by atoms with Crippen molar-refractivity contribution in [2.45, 2.75) is 64.4 Å². The highest BCUT2D eigenvalue weighted by Crippen LogP contribution is 2.03. The van der Waals surface area contributed by atoms with Crippen LogP contribution in [0.1, 0.15) is 34.1 Å². The molecule has 11 nitrogen and oxygen atoms in total. The van der Waals surface area contributed by atoms with Crippen molar-refractivity contribution < 1.29 is 34.5 Å². The van der Waals surface area contributed by atoms with Gasteiger partial charge in [0.2, 0.25) is 17.7 Å². The molecule has 0 aliphatic rings. The lowest BCUT2D eigenvalue weighted by molar-refractivity contribution is -0.145. The van der Waals surface area contributed by atoms with Crippen LogP contribution in [-0.4, -0.2) is 75.9 Å². The summed E-state index contributed by atoms with van der Waals surface area (Å²) in [6.07, 6.45) is -0.957. The molecule has 0 saturated carbocycles. The van der Waals surface area contributed by atoms with Gasteiger partial charge in [0.25, 0.3) is 0 Å². The zero-order valence-corrected chi connectivity index (χ0v) is 15.9. The number of nitrogens with two attached hydrogens (primary N) is 1. The molecule has 0 radical (unpaired) electrons. The number of aliphatic carboxylic acids is 1. The summed E-state index contributed by atoms with van der Waals surface area (Å²) in [6, 6.07) is -4.89. The van der Waals surface area contributed by atoms with Gasteiger partial charge in [-0.15, -0.1) is 0 Å². The molecule has 11 heteroatoms. The molecule has 0 fully saturated rings. The van der Waals surface area contributed by atoms with Gasteiger partial charge in [0.15, 0.2) is 6.04 Å². The van der Waals surface area contributed by atoms with Gasteiger partial charge in [-0.25, -0.2) is 4.79 Å². The number of hydrogen-bond acceptors (Lipinski definition) is 7. The van der Waals surface area contributed by atoms with Crippen molar-refractivity contribution in [3.63, 3.8) is 0 Å². The summed E-state index contributed by atoms with van der Waals surface area (Å²) in [5.41, 5.74) is 5.71. The fourth-order valence-electron chi connectivity index (χ4n) is 2.13. The van der Waals surface area contributed by atoms with Crippen molar-refractivity contribution in [2.75, 3.05) is 6.61 Å². The maximum Gasteiger partial charge on any atom is 0.328 e. The van der Waals surface area contributed by atoms with Gasteiger partial charge < -0.3 is 37.0 Å². The predicted octanol–water partition coefficient (Wildman–Crippen LogP) is -2.71. The third kappa shape index (κ3) is 8.80. The first-order valence-corrected chi connectivity index (χ1v) is 8.59. The molecule has 0 aliphatic heterocycles. The van der Waals surface area contributed by atoms with Gasteiger partial charge in [-0.3, -0.25) is 14.4 Å². The summed E-state index contributed by atoms with van der Waals surface area (Å²) < 4.78 is 0. The van der Waals surface area contributed by atoms with E-state index in [9.17, 15) is 29.4 Å². The van der Waals surface area contributed by atoms with E-state index in [4.69, 9.17) is 10.8 Å². The highest BCUT2D eigenvalue weighted by Gasteiger charge is 2.29. The van der Waals surface area contributed by atoms with E-state index in [1.54, 1.807) is 0 Å². The molecule has 27 heavy (non-hydrogen) atoms. The minimum absolute atomic E-state index is 0.159. The molecule has 3 amide bonds.